The summed E-state index contributed by atoms with van der Waals surface area (Å²) in [4.78, 5) is 23.6. The van der Waals surface area contributed by atoms with Gasteiger partial charge in [-0.1, -0.05) is 6.08 Å². The molecule has 8 nitrogen and oxygen atoms in total. The van der Waals surface area contributed by atoms with Gasteiger partial charge in [0.15, 0.2) is 10.8 Å². The fourth-order valence-electron chi connectivity index (χ4n) is 4.31. The number of nitrogens with zero attached hydrogens (tertiary/aromatic N) is 7. The van der Waals surface area contributed by atoms with Gasteiger partial charge in [-0.15, -0.1) is 33.2 Å². The molecule has 3 aromatic heterocycles. The number of aromatic nitrogens is 5. The lowest BCUT2D eigenvalue weighted by molar-refractivity contribution is -0.122. The highest BCUT2D eigenvalue weighted by atomic mass is 32.1. The maximum atomic E-state index is 13.4. The Bertz CT molecular complexity index is 1040. The van der Waals surface area contributed by atoms with Gasteiger partial charge in [-0.2, -0.15) is 4.52 Å². The van der Waals surface area contributed by atoms with Gasteiger partial charge in [0.05, 0.1) is 5.69 Å². The second kappa shape index (κ2) is 8.14. The maximum absolute atomic E-state index is 13.4. The number of piperidine rings is 1. The van der Waals surface area contributed by atoms with Crippen molar-refractivity contribution >= 4 is 33.8 Å². The van der Waals surface area contributed by atoms with E-state index in [1.807, 2.05) is 17.0 Å². The van der Waals surface area contributed by atoms with Gasteiger partial charge in [0, 0.05) is 30.4 Å². The first-order valence-electron chi connectivity index (χ1n) is 10.6. The van der Waals surface area contributed by atoms with Crippen LogP contribution in [0.4, 0.5) is 10.9 Å². The van der Waals surface area contributed by atoms with Crippen LogP contribution in [0.15, 0.2) is 31.1 Å². The smallest absolute Gasteiger partial charge is 0.232 e. The van der Waals surface area contributed by atoms with Gasteiger partial charge >= 0.3 is 0 Å². The Labute approximate surface area is 179 Å². The van der Waals surface area contributed by atoms with Crippen molar-refractivity contribution < 1.29 is 4.79 Å². The van der Waals surface area contributed by atoms with Crippen molar-refractivity contribution in [2.45, 2.75) is 38.5 Å². The zero-order valence-corrected chi connectivity index (χ0v) is 17.7. The van der Waals surface area contributed by atoms with Crippen LogP contribution < -0.4 is 9.80 Å². The molecule has 1 fully saturated rings. The molecular weight excluding hydrogens is 398 g/mol. The minimum absolute atomic E-state index is 0.000714. The molecule has 0 aromatic carbocycles. The molecule has 0 saturated carbocycles. The average molecular weight is 424 g/mol. The SMILES string of the molecule is C=CCN(C(=O)C1CCN(c2ccc3nncn3n2)CC1)c1nc2c(s1)CCCC2. The Morgan fingerprint density at radius 2 is 2.10 bits per heavy atom. The van der Waals surface area contributed by atoms with Gasteiger partial charge in [0.25, 0.3) is 0 Å². The zero-order chi connectivity index (χ0) is 20.5. The number of anilines is 2. The lowest BCUT2D eigenvalue weighted by Gasteiger charge is -2.33. The number of thiazole rings is 1. The summed E-state index contributed by atoms with van der Waals surface area (Å²) in [6.07, 6.45) is 9.55. The molecule has 0 radical (unpaired) electrons. The van der Waals surface area contributed by atoms with Crippen LogP contribution in [-0.2, 0) is 17.6 Å². The lowest BCUT2D eigenvalue weighted by Crippen LogP contribution is -2.43. The van der Waals surface area contributed by atoms with Crippen LogP contribution in [0.1, 0.15) is 36.3 Å². The van der Waals surface area contributed by atoms with Crippen LogP contribution >= 0.6 is 11.3 Å². The molecule has 0 atom stereocenters. The number of amides is 1. The number of hydrogen-bond acceptors (Lipinski definition) is 7. The van der Waals surface area contributed by atoms with E-state index in [1.54, 1.807) is 28.3 Å². The number of fused-ring (bicyclic) bond motifs is 2. The maximum Gasteiger partial charge on any atom is 0.232 e. The van der Waals surface area contributed by atoms with Gasteiger partial charge < -0.3 is 4.90 Å². The van der Waals surface area contributed by atoms with E-state index in [0.717, 1.165) is 55.4 Å². The molecular formula is C21H25N7OS. The molecule has 4 heterocycles. The largest absolute Gasteiger partial charge is 0.355 e. The number of hydrogen-bond donors (Lipinski definition) is 0. The molecule has 3 aromatic rings. The van der Waals surface area contributed by atoms with E-state index in [9.17, 15) is 4.79 Å². The highest BCUT2D eigenvalue weighted by Gasteiger charge is 2.31. The number of aryl methyl sites for hydroxylation is 2. The summed E-state index contributed by atoms with van der Waals surface area (Å²) in [6, 6.07) is 3.89. The van der Waals surface area contributed by atoms with Gasteiger partial charge in [0.1, 0.15) is 12.1 Å². The van der Waals surface area contributed by atoms with Crippen molar-refractivity contribution in [1.29, 1.82) is 0 Å². The number of carbonyl (C=O) groups is 1. The lowest BCUT2D eigenvalue weighted by atomic mass is 9.95. The summed E-state index contributed by atoms with van der Waals surface area (Å²) in [5.74, 6) is 1.06. The first kappa shape index (κ1) is 19.2. The van der Waals surface area contributed by atoms with Crippen LogP contribution in [0.3, 0.4) is 0 Å². The second-order valence-corrected chi connectivity index (χ2v) is 8.96. The van der Waals surface area contributed by atoms with E-state index in [2.05, 4.69) is 26.8 Å². The molecule has 2 aliphatic rings. The molecule has 30 heavy (non-hydrogen) atoms. The standard InChI is InChI=1S/C21H25N7OS/c1-2-11-27(21-23-16-5-3-4-6-17(16)30-21)20(29)15-9-12-26(13-10-15)19-8-7-18-24-22-14-28(18)25-19/h2,7-8,14-15H,1,3-6,9-13H2. The Hall–Kier alpha value is -2.81. The van der Waals surface area contributed by atoms with E-state index in [-0.39, 0.29) is 11.8 Å². The molecule has 0 unspecified atom stereocenters. The van der Waals surface area contributed by atoms with Crippen molar-refractivity contribution in [3.63, 3.8) is 0 Å². The van der Waals surface area contributed by atoms with E-state index in [1.165, 1.54) is 23.4 Å². The summed E-state index contributed by atoms with van der Waals surface area (Å²) < 4.78 is 1.68. The normalized spacial score (nSPS) is 17.1. The van der Waals surface area contributed by atoms with Crippen LogP contribution in [0.5, 0.6) is 0 Å². The predicted molar refractivity (Wildman–Crippen MR) is 117 cm³/mol. The summed E-state index contributed by atoms with van der Waals surface area (Å²) in [5.41, 5.74) is 1.92. The molecule has 156 valence electrons. The second-order valence-electron chi connectivity index (χ2n) is 7.90. The number of rotatable bonds is 5. The molecule has 0 bridgehead atoms. The van der Waals surface area contributed by atoms with Crippen LogP contribution in [0.2, 0.25) is 0 Å². The summed E-state index contributed by atoms with van der Waals surface area (Å²) in [6.45, 7) is 5.97. The molecule has 0 spiro atoms. The monoisotopic (exact) mass is 423 g/mol. The fourth-order valence-corrected chi connectivity index (χ4v) is 5.47. The van der Waals surface area contributed by atoms with E-state index in [0.29, 0.717) is 6.54 Å². The first-order valence-corrected chi connectivity index (χ1v) is 11.4. The van der Waals surface area contributed by atoms with E-state index < -0.39 is 0 Å². The molecule has 1 aliphatic carbocycles. The van der Waals surface area contributed by atoms with Crippen LogP contribution in [0.25, 0.3) is 5.65 Å². The van der Waals surface area contributed by atoms with E-state index in [4.69, 9.17) is 4.98 Å². The highest BCUT2D eigenvalue weighted by Crippen LogP contribution is 2.33. The predicted octanol–water partition coefficient (Wildman–Crippen LogP) is 2.90. The van der Waals surface area contributed by atoms with E-state index >= 15 is 0 Å². The van der Waals surface area contributed by atoms with Crippen molar-refractivity contribution in [3.8, 4) is 0 Å². The van der Waals surface area contributed by atoms with Gasteiger partial charge in [-0.25, -0.2) is 4.98 Å². The Morgan fingerprint density at radius 3 is 2.90 bits per heavy atom. The quantitative estimate of drug-likeness (QED) is 0.587. The molecule has 5 rings (SSSR count). The van der Waals surface area contributed by atoms with Gasteiger partial charge in [0.2, 0.25) is 5.91 Å². The molecule has 1 amide bonds. The highest BCUT2D eigenvalue weighted by molar-refractivity contribution is 7.16. The average Bonchev–Trinajstić information content (AvgIpc) is 3.43. The third-order valence-corrected chi connectivity index (χ3v) is 7.14. The van der Waals surface area contributed by atoms with Crippen molar-refractivity contribution in [2.75, 3.05) is 29.4 Å². The molecule has 0 N–H and O–H groups in total. The van der Waals surface area contributed by atoms with Crippen LogP contribution in [0, 0.1) is 5.92 Å². The minimum Gasteiger partial charge on any atom is -0.355 e. The molecule has 9 heteroatoms. The van der Waals surface area contributed by atoms with Crippen molar-refractivity contribution in [2.24, 2.45) is 5.92 Å². The molecule has 1 aliphatic heterocycles. The first-order chi connectivity index (χ1) is 14.7. The Balaban J connectivity index is 1.28. The zero-order valence-electron chi connectivity index (χ0n) is 16.9. The van der Waals surface area contributed by atoms with Gasteiger partial charge in [-0.05, 0) is 50.7 Å². The summed E-state index contributed by atoms with van der Waals surface area (Å²) >= 11 is 1.69. The topological polar surface area (TPSA) is 79.5 Å². The number of carbonyl (C=O) groups excluding carboxylic acids is 1. The van der Waals surface area contributed by atoms with Crippen LogP contribution in [-0.4, -0.2) is 50.3 Å². The Kier molecular flexibility index (Phi) is 5.20. The Morgan fingerprint density at radius 1 is 1.27 bits per heavy atom. The fraction of sp³-hybridized carbons (Fsp3) is 0.476. The summed E-state index contributed by atoms with van der Waals surface area (Å²) in [5, 5.41) is 13.3. The minimum atomic E-state index is 0.000714. The third-order valence-electron chi connectivity index (χ3n) is 5.96. The third kappa shape index (κ3) is 3.58. The van der Waals surface area contributed by atoms with Gasteiger partial charge in [-0.3, -0.25) is 9.69 Å². The summed E-state index contributed by atoms with van der Waals surface area (Å²) in [7, 11) is 0. The van der Waals surface area contributed by atoms with Crippen molar-refractivity contribution in [1.82, 2.24) is 24.8 Å². The molecule has 1 saturated heterocycles. The van der Waals surface area contributed by atoms with Crippen molar-refractivity contribution in [3.05, 3.63) is 41.7 Å².